The third-order valence-corrected chi connectivity index (χ3v) is 4.17. The number of halogens is 1. The predicted octanol–water partition coefficient (Wildman–Crippen LogP) is 3.89. The highest BCUT2D eigenvalue weighted by molar-refractivity contribution is 9.10. The number of hydrogen-bond donors (Lipinski definition) is 0. The van der Waals surface area contributed by atoms with Crippen molar-refractivity contribution < 1.29 is 4.74 Å². The summed E-state index contributed by atoms with van der Waals surface area (Å²) in [6.07, 6.45) is 1.13. The van der Waals surface area contributed by atoms with E-state index in [2.05, 4.69) is 39.0 Å². The molecule has 0 atom stereocenters. The van der Waals surface area contributed by atoms with Crippen LogP contribution < -0.4 is 4.74 Å². The highest BCUT2D eigenvalue weighted by Crippen LogP contribution is 2.22. The van der Waals surface area contributed by atoms with Crippen LogP contribution in [0.2, 0.25) is 0 Å². The molecular weight excluding hydrogens is 314 g/mol. The van der Waals surface area contributed by atoms with Crippen molar-refractivity contribution in [3.63, 3.8) is 0 Å². The van der Waals surface area contributed by atoms with Crippen LogP contribution in [0.5, 0.6) is 5.75 Å². The largest absolute Gasteiger partial charge is 0.492 e. The number of para-hydroxylation sites is 1. The lowest BCUT2D eigenvalue weighted by atomic mass is 10.00. The van der Waals surface area contributed by atoms with Crippen molar-refractivity contribution in [2.24, 2.45) is 0 Å². The van der Waals surface area contributed by atoms with Crippen LogP contribution in [0.4, 0.5) is 0 Å². The Morgan fingerprint density at radius 1 is 1.05 bits per heavy atom. The van der Waals surface area contributed by atoms with E-state index in [1.807, 2.05) is 30.3 Å². The van der Waals surface area contributed by atoms with Gasteiger partial charge in [0.25, 0.3) is 0 Å². The van der Waals surface area contributed by atoms with Crippen molar-refractivity contribution >= 4 is 15.9 Å². The number of nitrogens with zero attached hydrogens (tertiary/aromatic N) is 1. The van der Waals surface area contributed by atoms with Gasteiger partial charge in [-0.2, -0.15) is 0 Å². The Hall–Kier alpha value is -1.32. The van der Waals surface area contributed by atoms with E-state index in [0.29, 0.717) is 0 Å². The van der Waals surface area contributed by atoms with Gasteiger partial charge in [0.05, 0.1) is 0 Å². The minimum atomic E-state index is 0.746. The summed E-state index contributed by atoms with van der Waals surface area (Å²) in [6.45, 7) is 3.86. The van der Waals surface area contributed by atoms with Crippen LogP contribution in [-0.2, 0) is 13.0 Å². The molecule has 1 heterocycles. The van der Waals surface area contributed by atoms with E-state index < -0.39 is 0 Å². The second-order valence-corrected chi connectivity index (χ2v) is 6.02. The van der Waals surface area contributed by atoms with E-state index in [4.69, 9.17) is 4.74 Å². The molecule has 0 saturated heterocycles. The fourth-order valence-electron chi connectivity index (χ4n) is 2.58. The van der Waals surface area contributed by atoms with Gasteiger partial charge in [0.1, 0.15) is 12.4 Å². The van der Waals surface area contributed by atoms with Crippen LogP contribution in [0.15, 0.2) is 53.0 Å². The summed E-state index contributed by atoms with van der Waals surface area (Å²) in [5.41, 5.74) is 2.92. The normalized spacial score (nSPS) is 14.8. The molecule has 0 spiro atoms. The van der Waals surface area contributed by atoms with Gasteiger partial charge in [0.15, 0.2) is 0 Å². The van der Waals surface area contributed by atoms with Crippen LogP contribution in [-0.4, -0.2) is 24.6 Å². The lowest BCUT2D eigenvalue weighted by molar-refractivity contribution is 0.196. The molecular formula is C17H18BrNO. The van der Waals surface area contributed by atoms with Crippen LogP contribution in [0, 0.1) is 0 Å². The molecule has 20 heavy (non-hydrogen) atoms. The van der Waals surface area contributed by atoms with E-state index in [1.54, 1.807) is 0 Å². The summed E-state index contributed by atoms with van der Waals surface area (Å²) in [6, 6.07) is 16.6. The number of hydrogen-bond acceptors (Lipinski definition) is 2. The third kappa shape index (κ3) is 3.41. The average molecular weight is 332 g/mol. The summed E-state index contributed by atoms with van der Waals surface area (Å²) >= 11 is 3.54. The molecule has 1 aliphatic heterocycles. The lowest BCUT2D eigenvalue weighted by Crippen LogP contribution is -2.33. The summed E-state index contributed by atoms with van der Waals surface area (Å²) in [4.78, 5) is 2.46. The molecule has 0 saturated carbocycles. The molecule has 0 aliphatic carbocycles. The van der Waals surface area contributed by atoms with Crippen molar-refractivity contribution in [3.05, 3.63) is 64.1 Å². The second-order valence-electron chi connectivity index (χ2n) is 5.10. The molecule has 104 valence electrons. The Kier molecular flexibility index (Phi) is 4.38. The summed E-state index contributed by atoms with van der Waals surface area (Å²) < 4.78 is 6.94. The van der Waals surface area contributed by atoms with Crippen molar-refractivity contribution in [2.45, 2.75) is 13.0 Å². The molecule has 0 amide bonds. The quantitative estimate of drug-likeness (QED) is 0.842. The van der Waals surface area contributed by atoms with E-state index in [0.717, 1.165) is 38.4 Å². The average Bonchev–Trinajstić information content (AvgIpc) is 2.48. The van der Waals surface area contributed by atoms with E-state index >= 15 is 0 Å². The maximum atomic E-state index is 5.77. The number of ether oxygens (including phenoxy) is 1. The van der Waals surface area contributed by atoms with Gasteiger partial charge in [-0.3, -0.25) is 4.90 Å². The minimum absolute atomic E-state index is 0.746. The first-order valence-corrected chi connectivity index (χ1v) is 7.78. The standard InChI is InChI=1S/C17H18BrNO/c18-16-7-6-15-13-19(9-8-14(15)12-16)10-11-20-17-4-2-1-3-5-17/h1-7,12H,8-11,13H2. The highest BCUT2D eigenvalue weighted by atomic mass is 79.9. The zero-order chi connectivity index (χ0) is 13.8. The van der Waals surface area contributed by atoms with Gasteiger partial charge in [0.2, 0.25) is 0 Å². The minimum Gasteiger partial charge on any atom is -0.492 e. The van der Waals surface area contributed by atoms with Crippen LogP contribution >= 0.6 is 15.9 Å². The fraction of sp³-hybridized carbons (Fsp3) is 0.294. The first-order valence-electron chi connectivity index (χ1n) is 6.99. The smallest absolute Gasteiger partial charge is 0.119 e. The third-order valence-electron chi connectivity index (χ3n) is 3.68. The molecule has 2 aromatic carbocycles. The molecule has 0 N–H and O–H groups in total. The Morgan fingerprint density at radius 2 is 1.90 bits per heavy atom. The van der Waals surface area contributed by atoms with E-state index in [-0.39, 0.29) is 0 Å². The zero-order valence-corrected chi connectivity index (χ0v) is 13.0. The van der Waals surface area contributed by atoms with Crippen molar-refractivity contribution in [3.8, 4) is 5.75 Å². The zero-order valence-electron chi connectivity index (χ0n) is 11.4. The molecule has 3 rings (SSSR count). The van der Waals surface area contributed by atoms with Crippen molar-refractivity contribution in [1.82, 2.24) is 4.90 Å². The Labute approximate surface area is 128 Å². The predicted molar refractivity (Wildman–Crippen MR) is 85.1 cm³/mol. The Bertz CT molecular complexity index is 570. The molecule has 0 unspecified atom stereocenters. The number of fused-ring (bicyclic) bond motifs is 1. The maximum Gasteiger partial charge on any atom is 0.119 e. The van der Waals surface area contributed by atoms with Crippen LogP contribution in [0.25, 0.3) is 0 Å². The van der Waals surface area contributed by atoms with Crippen molar-refractivity contribution in [2.75, 3.05) is 19.7 Å². The molecule has 1 aliphatic rings. The van der Waals surface area contributed by atoms with Gasteiger partial charge >= 0.3 is 0 Å². The SMILES string of the molecule is Brc1ccc2c(c1)CCN(CCOc1ccccc1)C2. The molecule has 0 aromatic heterocycles. The molecule has 0 bridgehead atoms. The summed E-state index contributed by atoms with van der Waals surface area (Å²) in [5, 5.41) is 0. The van der Waals surface area contributed by atoms with E-state index in [1.165, 1.54) is 15.6 Å². The molecule has 2 aromatic rings. The monoisotopic (exact) mass is 331 g/mol. The first-order chi connectivity index (χ1) is 9.81. The van der Waals surface area contributed by atoms with Gasteiger partial charge in [-0.05, 0) is 41.8 Å². The Balaban J connectivity index is 1.52. The molecule has 0 radical (unpaired) electrons. The Morgan fingerprint density at radius 3 is 2.75 bits per heavy atom. The van der Waals surface area contributed by atoms with Gasteiger partial charge in [-0.15, -0.1) is 0 Å². The molecule has 0 fully saturated rings. The van der Waals surface area contributed by atoms with Gasteiger partial charge < -0.3 is 4.74 Å². The van der Waals surface area contributed by atoms with Crippen LogP contribution in [0.3, 0.4) is 0 Å². The summed E-state index contributed by atoms with van der Waals surface area (Å²) in [7, 11) is 0. The van der Waals surface area contributed by atoms with E-state index in [9.17, 15) is 0 Å². The maximum absolute atomic E-state index is 5.77. The van der Waals surface area contributed by atoms with Crippen LogP contribution in [0.1, 0.15) is 11.1 Å². The van der Waals surface area contributed by atoms with Gasteiger partial charge in [-0.25, -0.2) is 0 Å². The van der Waals surface area contributed by atoms with Gasteiger partial charge in [0, 0.05) is 24.1 Å². The fourth-order valence-corrected chi connectivity index (χ4v) is 2.99. The topological polar surface area (TPSA) is 12.5 Å². The second kappa shape index (κ2) is 6.42. The molecule has 3 heteroatoms. The lowest BCUT2D eigenvalue weighted by Gasteiger charge is -2.28. The van der Waals surface area contributed by atoms with Crippen molar-refractivity contribution in [1.29, 1.82) is 0 Å². The molecule has 2 nitrogen and oxygen atoms in total. The highest BCUT2D eigenvalue weighted by Gasteiger charge is 2.15. The number of rotatable bonds is 4. The summed E-state index contributed by atoms with van der Waals surface area (Å²) in [5.74, 6) is 0.953. The van der Waals surface area contributed by atoms with Gasteiger partial charge in [-0.1, -0.05) is 40.2 Å². The number of benzene rings is 2. The first kappa shape index (κ1) is 13.7.